The molecule has 1 aliphatic heterocycles. The van der Waals surface area contributed by atoms with Crippen LogP contribution in [0.2, 0.25) is 0 Å². The predicted octanol–water partition coefficient (Wildman–Crippen LogP) is 11.8. The minimum atomic E-state index is -0.506. The quantitative estimate of drug-likeness (QED) is 0.176. The first kappa shape index (κ1) is 32.2. The molecule has 9 heteroatoms. The molecule has 0 spiro atoms. The zero-order valence-corrected chi connectivity index (χ0v) is 31.8. The molecule has 0 amide bonds. The summed E-state index contributed by atoms with van der Waals surface area (Å²) in [5.74, 6) is 2.07. The zero-order chi connectivity index (χ0) is 39.1. The number of hydrogen-bond acceptors (Lipinski definition) is 7. The molecule has 0 atom stereocenters. The van der Waals surface area contributed by atoms with E-state index in [1.807, 2.05) is 103 Å². The van der Waals surface area contributed by atoms with Gasteiger partial charge in [0.05, 0.1) is 22.1 Å². The number of hydrogen-bond donors (Lipinski definition) is 0. The van der Waals surface area contributed by atoms with Crippen molar-refractivity contribution in [2.75, 3.05) is 0 Å². The van der Waals surface area contributed by atoms with Gasteiger partial charge in [-0.1, -0.05) is 84.9 Å². The smallest absolute Gasteiger partial charge is 0.264 e. The fraction of sp³-hybridized carbons (Fsp3) is 0.0600. The van der Waals surface area contributed by atoms with Crippen molar-refractivity contribution in [3.8, 4) is 28.7 Å². The number of aromatic nitrogens is 6. The Morgan fingerprint density at radius 2 is 1.05 bits per heavy atom. The van der Waals surface area contributed by atoms with E-state index >= 15 is 0 Å². The summed E-state index contributed by atoms with van der Waals surface area (Å²) in [5.41, 5.74) is 9.15. The zero-order valence-electron chi connectivity index (χ0n) is 31.8. The maximum Gasteiger partial charge on any atom is 0.264 e. The lowest BCUT2D eigenvalue weighted by molar-refractivity contribution is 0.0948. The molecule has 278 valence electrons. The highest BCUT2D eigenvalue weighted by atomic mass is 16.3. The number of nitrogens with zero attached hydrogens (tertiary/aromatic N) is 6. The predicted molar refractivity (Wildman–Crippen MR) is 231 cm³/mol. The van der Waals surface area contributed by atoms with Gasteiger partial charge in [-0.2, -0.15) is 9.97 Å². The minimum absolute atomic E-state index is 0.0740. The van der Waals surface area contributed by atoms with Gasteiger partial charge < -0.3 is 8.83 Å². The summed E-state index contributed by atoms with van der Waals surface area (Å²) >= 11 is 0. The summed E-state index contributed by atoms with van der Waals surface area (Å²) in [7, 11) is 0. The van der Waals surface area contributed by atoms with Crippen LogP contribution in [0.4, 0.5) is 0 Å². The molecule has 5 aromatic heterocycles. The Morgan fingerprint density at radius 3 is 1.73 bits per heavy atom. The average molecular weight is 763 g/mol. The molecular formula is C50H30N6O3. The first-order chi connectivity index (χ1) is 28.9. The van der Waals surface area contributed by atoms with Gasteiger partial charge in [-0.05, 0) is 80.1 Å². The van der Waals surface area contributed by atoms with Crippen LogP contribution in [0.3, 0.4) is 0 Å². The summed E-state index contributed by atoms with van der Waals surface area (Å²) in [6.45, 7) is 4.27. The molecule has 0 fully saturated rings. The number of fused-ring (bicyclic) bond motifs is 14. The largest absolute Gasteiger partial charge is 0.456 e. The lowest BCUT2D eigenvalue weighted by atomic mass is 9.78. The topological polar surface area (TPSA) is 105 Å². The molecule has 0 saturated heterocycles. The number of carbonyl (C=O) groups excluding carboxylic acids is 1. The highest BCUT2D eigenvalue weighted by molar-refractivity contribution is 6.21. The van der Waals surface area contributed by atoms with Crippen molar-refractivity contribution in [3.05, 3.63) is 163 Å². The summed E-state index contributed by atoms with van der Waals surface area (Å²) in [6, 6.07) is 48.4. The van der Waals surface area contributed by atoms with Crippen molar-refractivity contribution < 1.29 is 13.6 Å². The van der Waals surface area contributed by atoms with E-state index in [-0.39, 0.29) is 5.91 Å². The lowest BCUT2D eigenvalue weighted by Gasteiger charge is -2.31. The molecule has 6 heterocycles. The summed E-state index contributed by atoms with van der Waals surface area (Å²) in [6.07, 6.45) is 0. The number of para-hydroxylation sites is 3. The summed E-state index contributed by atoms with van der Waals surface area (Å²) < 4.78 is 16.5. The van der Waals surface area contributed by atoms with Crippen molar-refractivity contribution in [2.24, 2.45) is 0 Å². The second-order valence-electron chi connectivity index (χ2n) is 15.8. The maximum atomic E-state index is 14.2. The molecule has 1 aliphatic rings. The van der Waals surface area contributed by atoms with Crippen LogP contribution in [0.1, 0.15) is 35.6 Å². The molecular weight excluding hydrogens is 733 g/mol. The van der Waals surface area contributed by atoms with E-state index in [1.54, 1.807) is 4.57 Å². The Kier molecular flexibility index (Phi) is 6.20. The van der Waals surface area contributed by atoms with E-state index in [1.165, 1.54) is 0 Å². The molecule has 0 N–H and O–H groups in total. The normalized spacial score (nSPS) is 13.8. The molecule has 12 aromatic rings. The maximum absolute atomic E-state index is 14.2. The van der Waals surface area contributed by atoms with E-state index in [2.05, 4.69) is 60.9 Å². The van der Waals surface area contributed by atoms with E-state index in [0.29, 0.717) is 29.0 Å². The summed E-state index contributed by atoms with van der Waals surface area (Å²) in [4.78, 5) is 35.1. The number of rotatable bonds is 3. The van der Waals surface area contributed by atoms with E-state index in [4.69, 9.17) is 28.8 Å². The number of carbonyl (C=O) groups is 1. The third-order valence-corrected chi connectivity index (χ3v) is 12.2. The fourth-order valence-electron chi connectivity index (χ4n) is 9.34. The van der Waals surface area contributed by atoms with E-state index in [9.17, 15) is 4.79 Å². The number of furan rings is 2. The van der Waals surface area contributed by atoms with Crippen LogP contribution < -0.4 is 0 Å². The molecule has 7 aromatic carbocycles. The third kappa shape index (κ3) is 4.36. The Morgan fingerprint density at radius 1 is 0.492 bits per heavy atom. The van der Waals surface area contributed by atoms with E-state index < -0.39 is 5.41 Å². The van der Waals surface area contributed by atoms with Gasteiger partial charge in [0.2, 0.25) is 5.95 Å². The number of imidazole rings is 1. The van der Waals surface area contributed by atoms with Gasteiger partial charge in [0.15, 0.2) is 11.6 Å². The molecule has 9 nitrogen and oxygen atoms in total. The van der Waals surface area contributed by atoms with Crippen LogP contribution in [0.5, 0.6) is 0 Å². The molecule has 0 aliphatic carbocycles. The van der Waals surface area contributed by atoms with Crippen molar-refractivity contribution >= 4 is 82.6 Å². The molecule has 0 unspecified atom stereocenters. The molecule has 13 rings (SSSR count). The standard InChI is InChI=1S/C50H30N6O3/c1-50(2)35-15-7-3-13-33(35)47(57)56-38-24-23-37-43(44(38)51-48(50)56)34-14-4-8-16-36(34)55(37)49-53-45(27-19-21-31-29-11-5-9-17-39(29)58-41(31)25-27)52-46(54-49)28-20-22-32-30-12-6-10-18-40(30)59-42(32)26-28/h3-26H,1-2H3. The minimum Gasteiger partial charge on any atom is -0.456 e. The molecule has 59 heavy (non-hydrogen) atoms. The fourth-order valence-corrected chi connectivity index (χ4v) is 9.34. The first-order valence-electron chi connectivity index (χ1n) is 19.6. The monoisotopic (exact) mass is 762 g/mol. The van der Waals surface area contributed by atoms with Crippen molar-refractivity contribution in [3.63, 3.8) is 0 Å². The van der Waals surface area contributed by atoms with Gasteiger partial charge in [0.1, 0.15) is 28.2 Å². The van der Waals surface area contributed by atoms with Crippen LogP contribution in [0.25, 0.3) is 105 Å². The molecule has 0 saturated carbocycles. The molecule has 0 radical (unpaired) electrons. The lowest BCUT2D eigenvalue weighted by Crippen LogP contribution is -2.35. The van der Waals surface area contributed by atoms with Gasteiger partial charge in [-0.15, -0.1) is 0 Å². The van der Waals surface area contributed by atoms with Crippen molar-refractivity contribution in [1.29, 1.82) is 0 Å². The Bertz CT molecular complexity index is 3670. The highest BCUT2D eigenvalue weighted by Crippen LogP contribution is 2.43. The second-order valence-corrected chi connectivity index (χ2v) is 15.8. The SMILES string of the molecule is CC1(C)c2ccccc2C(=O)n2c1nc1c3c4ccccc4n(-c4nc(-c5ccc6c(c5)oc5ccccc56)nc(-c5ccc6c(c5)oc5ccccc56)n4)c3ccc12. The third-order valence-electron chi connectivity index (χ3n) is 12.2. The van der Waals surface area contributed by atoms with Gasteiger partial charge in [-0.25, -0.2) is 9.97 Å². The Labute approximate surface area is 334 Å². The second kappa shape index (κ2) is 11.4. The van der Waals surface area contributed by atoms with Gasteiger partial charge >= 0.3 is 0 Å². The van der Waals surface area contributed by atoms with Gasteiger partial charge in [0, 0.05) is 54.4 Å². The van der Waals surface area contributed by atoms with Crippen molar-refractivity contribution in [1.82, 2.24) is 29.1 Å². The summed E-state index contributed by atoms with van der Waals surface area (Å²) in [5, 5.41) is 6.04. The van der Waals surface area contributed by atoms with E-state index in [0.717, 1.165) is 93.4 Å². The van der Waals surface area contributed by atoms with Crippen molar-refractivity contribution in [2.45, 2.75) is 19.3 Å². The van der Waals surface area contributed by atoms with Crippen LogP contribution >= 0.6 is 0 Å². The van der Waals surface area contributed by atoms with Crippen LogP contribution in [-0.4, -0.2) is 35.0 Å². The first-order valence-corrected chi connectivity index (χ1v) is 19.6. The van der Waals surface area contributed by atoms with Crippen LogP contribution in [0, 0.1) is 0 Å². The molecule has 0 bridgehead atoms. The average Bonchev–Trinajstić information content (AvgIpc) is 4.04. The van der Waals surface area contributed by atoms with Crippen LogP contribution in [0.15, 0.2) is 154 Å². The van der Waals surface area contributed by atoms with Gasteiger partial charge in [-0.3, -0.25) is 13.9 Å². The highest BCUT2D eigenvalue weighted by Gasteiger charge is 2.40. The van der Waals surface area contributed by atoms with Crippen LogP contribution in [-0.2, 0) is 5.41 Å². The van der Waals surface area contributed by atoms with Gasteiger partial charge in [0.25, 0.3) is 5.91 Å². The number of benzene rings is 7. The Hall–Kier alpha value is -7.91. The Balaban J connectivity index is 1.08.